The Bertz CT molecular complexity index is 412. The van der Waals surface area contributed by atoms with Crippen LogP contribution in [0.4, 0.5) is 5.82 Å². The molecule has 1 atom stereocenters. The number of piperazine rings is 1. The van der Waals surface area contributed by atoms with Crippen LogP contribution in [-0.4, -0.2) is 54.1 Å². The lowest BCUT2D eigenvalue weighted by atomic mass is 10.1. The van der Waals surface area contributed by atoms with Crippen molar-refractivity contribution in [2.24, 2.45) is 11.7 Å². The Morgan fingerprint density at radius 2 is 1.85 bits per heavy atom. The maximum atomic E-state index is 5.70. The van der Waals surface area contributed by atoms with E-state index < -0.39 is 0 Å². The molecule has 1 saturated heterocycles. The molecule has 2 rings (SSSR count). The van der Waals surface area contributed by atoms with Gasteiger partial charge in [-0.2, -0.15) is 0 Å². The summed E-state index contributed by atoms with van der Waals surface area (Å²) in [5.74, 6) is 2.09. The molecule has 0 bridgehead atoms. The number of hydrogen-bond donors (Lipinski definition) is 1. The molecule has 1 aliphatic rings. The maximum Gasteiger partial charge on any atom is 0.132 e. The fourth-order valence-corrected chi connectivity index (χ4v) is 2.53. The fourth-order valence-electron chi connectivity index (χ4n) is 2.53. The van der Waals surface area contributed by atoms with E-state index in [1.54, 1.807) is 6.33 Å². The predicted molar refractivity (Wildman–Crippen MR) is 83.0 cm³/mol. The maximum absolute atomic E-state index is 5.70. The Morgan fingerprint density at radius 3 is 2.45 bits per heavy atom. The minimum absolute atomic E-state index is 0.448. The minimum atomic E-state index is 0.448. The van der Waals surface area contributed by atoms with Crippen LogP contribution in [0.25, 0.3) is 0 Å². The SMILES string of the molecule is CC(CN)CN1CCN(c2cc(C(C)C)ncn2)CC1. The second kappa shape index (κ2) is 6.99. The number of nitrogens with two attached hydrogens (primary N) is 1. The lowest BCUT2D eigenvalue weighted by Gasteiger charge is -2.36. The van der Waals surface area contributed by atoms with Gasteiger partial charge in [-0.1, -0.05) is 20.8 Å². The van der Waals surface area contributed by atoms with Gasteiger partial charge in [0.25, 0.3) is 0 Å². The third-order valence-electron chi connectivity index (χ3n) is 3.93. The van der Waals surface area contributed by atoms with Crippen LogP contribution in [-0.2, 0) is 0 Å². The molecule has 0 aliphatic carbocycles. The first-order valence-corrected chi connectivity index (χ1v) is 7.59. The van der Waals surface area contributed by atoms with Gasteiger partial charge in [0.15, 0.2) is 0 Å². The van der Waals surface area contributed by atoms with Crippen molar-refractivity contribution in [1.82, 2.24) is 14.9 Å². The summed E-state index contributed by atoms with van der Waals surface area (Å²) in [6.45, 7) is 12.7. The van der Waals surface area contributed by atoms with Crippen LogP contribution in [0.15, 0.2) is 12.4 Å². The first-order valence-electron chi connectivity index (χ1n) is 7.59. The van der Waals surface area contributed by atoms with E-state index in [9.17, 15) is 0 Å². The number of aromatic nitrogens is 2. The zero-order chi connectivity index (χ0) is 14.5. The second-order valence-corrected chi connectivity index (χ2v) is 6.08. The molecule has 1 fully saturated rings. The van der Waals surface area contributed by atoms with Crippen LogP contribution in [0.5, 0.6) is 0 Å². The number of hydrogen-bond acceptors (Lipinski definition) is 5. The molecular formula is C15H27N5. The Morgan fingerprint density at radius 1 is 1.15 bits per heavy atom. The fraction of sp³-hybridized carbons (Fsp3) is 0.733. The van der Waals surface area contributed by atoms with E-state index >= 15 is 0 Å². The predicted octanol–water partition coefficient (Wildman–Crippen LogP) is 1.32. The lowest BCUT2D eigenvalue weighted by Crippen LogP contribution is -2.48. The largest absolute Gasteiger partial charge is 0.354 e. The molecule has 1 unspecified atom stereocenters. The van der Waals surface area contributed by atoms with Gasteiger partial charge in [-0.05, 0) is 18.4 Å². The van der Waals surface area contributed by atoms with Crippen molar-refractivity contribution in [2.75, 3.05) is 44.2 Å². The van der Waals surface area contributed by atoms with Crippen molar-refractivity contribution >= 4 is 5.82 Å². The Balaban J connectivity index is 1.92. The zero-order valence-corrected chi connectivity index (χ0v) is 12.9. The van der Waals surface area contributed by atoms with Gasteiger partial charge in [0.05, 0.1) is 0 Å². The molecule has 0 amide bonds. The van der Waals surface area contributed by atoms with Crippen LogP contribution in [0.2, 0.25) is 0 Å². The molecule has 0 radical (unpaired) electrons. The summed E-state index contributed by atoms with van der Waals surface area (Å²) in [5.41, 5.74) is 6.82. The molecule has 0 spiro atoms. The third-order valence-corrected chi connectivity index (χ3v) is 3.93. The normalized spacial score (nSPS) is 18.6. The van der Waals surface area contributed by atoms with E-state index in [1.165, 1.54) is 0 Å². The molecule has 1 aliphatic heterocycles. The summed E-state index contributed by atoms with van der Waals surface area (Å²) < 4.78 is 0. The summed E-state index contributed by atoms with van der Waals surface area (Å²) in [5, 5.41) is 0. The van der Waals surface area contributed by atoms with Crippen LogP contribution < -0.4 is 10.6 Å². The molecular weight excluding hydrogens is 250 g/mol. The lowest BCUT2D eigenvalue weighted by molar-refractivity contribution is 0.226. The molecule has 5 nitrogen and oxygen atoms in total. The van der Waals surface area contributed by atoms with Crippen molar-refractivity contribution in [2.45, 2.75) is 26.7 Å². The average Bonchev–Trinajstić information content (AvgIpc) is 2.48. The molecule has 112 valence electrons. The van der Waals surface area contributed by atoms with Crippen LogP contribution in [0.1, 0.15) is 32.4 Å². The summed E-state index contributed by atoms with van der Waals surface area (Å²) in [6, 6.07) is 2.13. The van der Waals surface area contributed by atoms with Gasteiger partial charge < -0.3 is 10.6 Å². The number of nitrogens with zero attached hydrogens (tertiary/aromatic N) is 4. The smallest absolute Gasteiger partial charge is 0.132 e. The van der Waals surface area contributed by atoms with E-state index in [4.69, 9.17) is 5.73 Å². The van der Waals surface area contributed by atoms with Gasteiger partial charge in [0.1, 0.15) is 12.1 Å². The van der Waals surface area contributed by atoms with Crippen molar-refractivity contribution < 1.29 is 0 Å². The van der Waals surface area contributed by atoms with E-state index in [-0.39, 0.29) is 0 Å². The van der Waals surface area contributed by atoms with E-state index in [0.29, 0.717) is 11.8 Å². The summed E-state index contributed by atoms with van der Waals surface area (Å²) in [6.07, 6.45) is 1.69. The first kappa shape index (κ1) is 15.2. The molecule has 20 heavy (non-hydrogen) atoms. The second-order valence-electron chi connectivity index (χ2n) is 6.08. The average molecular weight is 277 g/mol. The highest BCUT2D eigenvalue weighted by Gasteiger charge is 2.19. The topological polar surface area (TPSA) is 58.3 Å². The first-order chi connectivity index (χ1) is 9.60. The van der Waals surface area contributed by atoms with Crippen LogP contribution in [0, 0.1) is 5.92 Å². The molecule has 2 heterocycles. The van der Waals surface area contributed by atoms with Gasteiger partial charge >= 0.3 is 0 Å². The van der Waals surface area contributed by atoms with Crippen LogP contribution >= 0.6 is 0 Å². The highest BCUT2D eigenvalue weighted by molar-refractivity contribution is 5.40. The molecule has 1 aromatic heterocycles. The van der Waals surface area contributed by atoms with Crippen molar-refractivity contribution in [1.29, 1.82) is 0 Å². The van der Waals surface area contributed by atoms with Crippen LogP contribution in [0.3, 0.4) is 0 Å². The van der Waals surface area contributed by atoms with E-state index in [2.05, 4.69) is 46.6 Å². The Labute approximate surface area is 122 Å². The quantitative estimate of drug-likeness (QED) is 0.879. The minimum Gasteiger partial charge on any atom is -0.354 e. The third kappa shape index (κ3) is 3.90. The van der Waals surface area contributed by atoms with Crippen molar-refractivity contribution in [3.05, 3.63) is 18.1 Å². The van der Waals surface area contributed by atoms with Gasteiger partial charge in [-0.3, -0.25) is 4.90 Å². The number of anilines is 1. The number of rotatable bonds is 5. The Hall–Kier alpha value is -1.20. The molecule has 2 N–H and O–H groups in total. The van der Waals surface area contributed by atoms with Gasteiger partial charge in [-0.25, -0.2) is 9.97 Å². The molecule has 0 aromatic carbocycles. The highest BCUT2D eigenvalue weighted by atomic mass is 15.3. The molecule has 5 heteroatoms. The summed E-state index contributed by atoms with van der Waals surface area (Å²) >= 11 is 0. The van der Waals surface area contributed by atoms with Gasteiger partial charge in [-0.15, -0.1) is 0 Å². The summed E-state index contributed by atoms with van der Waals surface area (Å²) in [7, 11) is 0. The Kier molecular flexibility index (Phi) is 5.31. The van der Waals surface area contributed by atoms with Gasteiger partial charge in [0.2, 0.25) is 0 Å². The monoisotopic (exact) mass is 277 g/mol. The standard InChI is InChI=1S/C15H27N5/c1-12(2)14-8-15(18-11-17-14)20-6-4-19(5-7-20)10-13(3)9-16/h8,11-13H,4-7,9-10,16H2,1-3H3. The van der Waals surface area contributed by atoms with Crippen molar-refractivity contribution in [3.63, 3.8) is 0 Å². The molecule has 1 aromatic rings. The van der Waals surface area contributed by atoms with E-state index in [0.717, 1.165) is 50.8 Å². The highest BCUT2D eigenvalue weighted by Crippen LogP contribution is 2.18. The van der Waals surface area contributed by atoms with E-state index in [1.807, 2.05) is 0 Å². The van der Waals surface area contributed by atoms with Crippen molar-refractivity contribution in [3.8, 4) is 0 Å². The van der Waals surface area contributed by atoms with Gasteiger partial charge in [0, 0.05) is 44.5 Å². The molecule has 0 saturated carbocycles. The summed E-state index contributed by atoms with van der Waals surface area (Å²) in [4.78, 5) is 13.6. The zero-order valence-electron chi connectivity index (χ0n) is 12.9.